The predicted octanol–water partition coefficient (Wildman–Crippen LogP) is 1.32. The van der Waals surface area contributed by atoms with Gasteiger partial charge in [-0.05, 0) is 0 Å². The van der Waals surface area contributed by atoms with Crippen molar-refractivity contribution >= 4 is 0 Å². The van der Waals surface area contributed by atoms with Gasteiger partial charge in [-0.2, -0.15) is 13.2 Å². The number of hydrogen-bond donors (Lipinski definition) is 1. The van der Waals surface area contributed by atoms with E-state index in [4.69, 9.17) is 4.74 Å². The zero-order valence-corrected chi connectivity index (χ0v) is 9.42. The monoisotopic (exact) mass is 249 g/mol. The van der Waals surface area contributed by atoms with Gasteiger partial charge in [0.2, 0.25) is 0 Å². The number of nitrogens with zero attached hydrogens (tertiary/aromatic N) is 2. The standard InChI is InChI=1S/C10H14F3N3O/c1-17-3-2-14-5-8-6-15-9(16-7-8)4-10(11,12)13/h6-7,14H,2-5H2,1H3. The lowest BCUT2D eigenvalue weighted by molar-refractivity contribution is -0.128. The van der Waals surface area contributed by atoms with Crippen LogP contribution in [0.5, 0.6) is 0 Å². The Morgan fingerprint density at radius 2 is 1.94 bits per heavy atom. The zero-order chi connectivity index (χ0) is 12.7. The number of ether oxygens (including phenoxy) is 1. The number of methoxy groups -OCH3 is 1. The second-order valence-corrected chi connectivity index (χ2v) is 3.47. The molecule has 0 saturated carbocycles. The molecule has 0 radical (unpaired) electrons. The van der Waals surface area contributed by atoms with Gasteiger partial charge in [0.05, 0.1) is 6.61 Å². The third-order valence-corrected chi connectivity index (χ3v) is 1.93. The number of aromatic nitrogens is 2. The molecule has 0 fully saturated rings. The summed E-state index contributed by atoms with van der Waals surface area (Å²) in [5.74, 6) is -0.210. The Kier molecular flexibility index (Phi) is 5.30. The molecule has 1 heterocycles. The van der Waals surface area contributed by atoms with Gasteiger partial charge in [0.15, 0.2) is 0 Å². The molecule has 0 bridgehead atoms. The van der Waals surface area contributed by atoms with E-state index in [1.165, 1.54) is 12.4 Å². The van der Waals surface area contributed by atoms with Crippen molar-refractivity contribution < 1.29 is 17.9 Å². The summed E-state index contributed by atoms with van der Waals surface area (Å²) in [7, 11) is 1.59. The summed E-state index contributed by atoms with van der Waals surface area (Å²) < 4.78 is 40.9. The van der Waals surface area contributed by atoms with Crippen LogP contribution >= 0.6 is 0 Å². The van der Waals surface area contributed by atoms with Crippen molar-refractivity contribution in [2.24, 2.45) is 0 Å². The van der Waals surface area contributed by atoms with Crippen LogP contribution in [0.3, 0.4) is 0 Å². The predicted molar refractivity (Wildman–Crippen MR) is 55.4 cm³/mol. The van der Waals surface area contributed by atoms with Gasteiger partial charge in [-0.3, -0.25) is 0 Å². The maximum Gasteiger partial charge on any atom is 0.396 e. The van der Waals surface area contributed by atoms with Crippen LogP contribution in [0.15, 0.2) is 12.4 Å². The van der Waals surface area contributed by atoms with Crippen LogP contribution in [-0.4, -0.2) is 36.4 Å². The third kappa shape index (κ3) is 6.18. The van der Waals surface area contributed by atoms with Crippen LogP contribution < -0.4 is 5.32 Å². The fraction of sp³-hybridized carbons (Fsp3) is 0.600. The molecule has 1 N–H and O–H groups in total. The van der Waals surface area contributed by atoms with Crippen molar-refractivity contribution in [3.05, 3.63) is 23.8 Å². The maximum atomic E-state index is 12.0. The molecular formula is C10H14F3N3O. The Labute approximate surface area is 97.2 Å². The van der Waals surface area contributed by atoms with Crippen molar-refractivity contribution in [2.75, 3.05) is 20.3 Å². The highest BCUT2D eigenvalue weighted by Crippen LogP contribution is 2.18. The molecule has 7 heteroatoms. The van der Waals surface area contributed by atoms with Gasteiger partial charge in [0, 0.05) is 38.2 Å². The van der Waals surface area contributed by atoms with E-state index >= 15 is 0 Å². The molecule has 1 aromatic rings. The summed E-state index contributed by atoms with van der Waals surface area (Å²) in [5.41, 5.74) is 0.743. The first-order valence-electron chi connectivity index (χ1n) is 5.07. The average Bonchev–Trinajstić information content (AvgIpc) is 2.25. The normalized spacial score (nSPS) is 11.8. The van der Waals surface area contributed by atoms with Crippen LogP contribution in [0.1, 0.15) is 11.4 Å². The molecule has 0 aliphatic rings. The Hall–Kier alpha value is -1.21. The van der Waals surface area contributed by atoms with Gasteiger partial charge in [-0.1, -0.05) is 0 Å². The molecule has 1 rings (SSSR count). The molecule has 0 aromatic carbocycles. The van der Waals surface area contributed by atoms with E-state index in [0.29, 0.717) is 19.7 Å². The van der Waals surface area contributed by atoms with Crippen molar-refractivity contribution in [1.82, 2.24) is 15.3 Å². The number of halogens is 3. The highest BCUT2D eigenvalue weighted by molar-refractivity contribution is 5.05. The van der Waals surface area contributed by atoms with Gasteiger partial charge < -0.3 is 10.1 Å². The first-order valence-corrected chi connectivity index (χ1v) is 5.07. The smallest absolute Gasteiger partial charge is 0.383 e. The van der Waals surface area contributed by atoms with E-state index in [9.17, 15) is 13.2 Å². The Morgan fingerprint density at radius 3 is 2.47 bits per heavy atom. The van der Waals surface area contributed by atoms with Crippen LogP contribution in [0.2, 0.25) is 0 Å². The van der Waals surface area contributed by atoms with E-state index in [1.54, 1.807) is 7.11 Å². The SMILES string of the molecule is COCCNCc1cnc(CC(F)(F)F)nc1. The van der Waals surface area contributed by atoms with Crippen molar-refractivity contribution in [3.8, 4) is 0 Å². The van der Waals surface area contributed by atoms with Crippen molar-refractivity contribution in [3.63, 3.8) is 0 Å². The first kappa shape index (κ1) is 13.9. The van der Waals surface area contributed by atoms with E-state index in [0.717, 1.165) is 5.56 Å². The Bertz CT molecular complexity index is 327. The van der Waals surface area contributed by atoms with Crippen LogP contribution in [0.4, 0.5) is 13.2 Å². The highest BCUT2D eigenvalue weighted by Gasteiger charge is 2.29. The van der Waals surface area contributed by atoms with Gasteiger partial charge in [0.25, 0.3) is 0 Å². The van der Waals surface area contributed by atoms with Gasteiger partial charge >= 0.3 is 6.18 Å². The largest absolute Gasteiger partial charge is 0.396 e. The Balaban J connectivity index is 2.39. The fourth-order valence-corrected chi connectivity index (χ4v) is 1.15. The van der Waals surface area contributed by atoms with Gasteiger partial charge in [-0.25, -0.2) is 9.97 Å². The summed E-state index contributed by atoms with van der Waals surface area (Å²) >= 11 is 0. The average molecular weight is 249 g/mol. The van der Waals surface area contributed by atoms with Crippen molar-refractivity contribution in [2.45, 2.75) is 19.1 Å². The summed E-state index contributed by atoms with van der Waals surface area (Å²) in [6.45, 7) is 1.75. The number of rotatable bonds is 6. The molecule has 0 aliphatic heterocycles. The lowest BCUT2D eigenvalue weighted by Gasteiger charge is -2.06. The van der Waals surface area contributed by atoms with Crippen LogP contribution in [0, 0.1) is 0 Å². The van der Waals surface area contributed by atoms with E-state index in [-0.39, 0.29) is 5.82 Å². The minimum Gasteiger partial charge on any atom is -0.383 e. The molecule has 0 atom stereocenters. The second kappa shape index (κ2) is 6.51. The molecule has 0 aliphatic carbocycles. The number of nitrogens with one attached hydrogen (secondary N) is 1. The summed E-state index contributed by atoms with van der Waals surface area (Å²) in [4.78, 5) is 7.32. The second-order valence-electron chi connectivity index (χ2n) is 3.47. The topological polar surface area (TPSA) is 47.0 Å². The minimum atomic E-state index is -4.27. The summed E-state index contributed by atoms with van der Waals surface area (Å²) in [6.07, 6.45) is -2.57. The van der Waals surface area contributed by atoms with Crippen LogP contribution in [0.25, 0.3) is 0 Å². The molecule has 1 aromatic heterocycles. The van der Waals surface area contributed by atoms with Gasteiger partial charge in [-0.15, -0.1) is 0 Å². The van der Waals surface area contributed by atoms with E-state index in [1.807, 2.05) is 0 Å². The van der Waals surface area contributed by atoms with E-state index in [2.05, 4.69) is 15.3 Å². The Morgan fingerprint density at radius 1 is 1.29 bits per heavy atom. The number of hydrogen-bond acceptors (Lipinski definition) is 4. The molecule has 0 spiro atoms. The minimum absolute atomic E-state index is 0.210. The summed E-state index contributed by atoms with van der Waals surface area (Å²) in [6, 6.07) is 0. The number of alkyl halides is 3. The highest BCUT2D eigenvalue weighted by atomic mass is 19.4. The molecule has 4 nitrogen and oxygen atoms in total. The molecule has 0 saturated heterocycles. The van der Waals surface area contributed by atoms with Gasteiger partial charge in [0.1, 0.15) is 12.2 Å². The molecule has 0 amide bonds. The first-order chi connectivity index (χ1) is 8.01. The lowest BCUT2D eigenvalue weighted by Crippen LogP contribution is -2.19. The molecule has 0 unspecified atom stereocenters. The quantitative estimate of drug-likeness (QED) is 0.772. The maximum absolute atomic E-state index is 12.0. The third-order valence-electron chi connectivity index (χ3n) is 1.93. The van der Waals surface area contributed by atoms with Crippen LogP contribution in [-0.2, 0) is 17.7 Å². The van der Waals surface area contributed by atoms with E-state index < -0.39 is 12.6 Å². The fourth-order valence-electron chi connectivity index (χ4n) is 1.15. The zero-order valence-electron chi connectivity index (χ0n) is 9.42. The lowest BCUT2D eigenvalue weighted by atomic mass is 10.3. The summed E-state index contributed by atoms with van der Waals surface area (Å²) in [5, 5.41) is 3.04. The molecule has 17 heavy (non-hydrogen) atoms. The molecular weight excluding hydrogens is 235 g/mol. The molecule has 96 valence electrons. The van der Waals surface area contributed by atoms with Crippen molar-refractivity contribution in [1.29, 1.82) is 0 Å².